The Morgan fingerprint density at radius 3 is 2.70 bits per heavy atom. The van der Waals surface area contributed by atoms with Crippen LogP contribution in [-0.2, 0) is 11.2 Å². The van der Waals surface area contributed by atoms with Crippen LogP contribution >= 0.6 is 0 Å². The molecule has 0 saturated carbocycles. The molecule has 5 heteroatoms. The van der Waals surface area contributed by atoms with Gasteiger partial charge in [0.05, 0.1) is 19.9 Å². The van der Waals surface area contributed by atoms with Crippen LogP contribution in [0.5, 0.6) is 11.5 Å². The highest BCUT2D eigenvalue weighted by Gasteiger charge is 2.27. The molecule has 0 fully saturated rings. The molecule has 1 unspecified atom stereocenters. The minimum atomic E-state index is 0.0207. The second kappa shape index (κ2) is 6.13. The maximum absolute atomic E-state index is 11.9. The fraction of sp³-hybridized carbons (Fsp3) is 0.533. The third-order valence-corrected chi connectivity index (χ3v) is 3.84. The van der Waals surface area contributed by atoms with Crippen molar-refractivity contribution in [3.05, 3.63) is 17.7 Å². The molecule has 0 spiro atoms. The Kier molecular flexibility index (Phi) is 4.49. The number of fused-ring (bicyclic) bond motifs is 1. The van der Waals surface area contributed by atoms with Crippen LogP contribution in [0.3, 0.4) is 0 Å². The van der Waals surface area contributed by atoms with Crippen molar-refractivity contribution >= 4 is 11.6 Å². The predicted octanol–water partition coefficient (Wildman–Crippen LogP) is 1.58. The SMILES string of the molecule is COc1cc2c(c(OC)c1)N(C(C)=O)CCC(CN)C2. The Balaban J connectivity index is 2.57. The lowest BCUT2D eigenvalue weighted by atomic mass is 9.97. The fourth-order valence-corrected chi connectivity index (χ4v) is 2.73. The first-order valence-corrected chi connectivity index (χ1v) is 6.83. The number of amides is 1. The van der Waals surface area contributed by atoms with Gasteiger partial charge in [-0.05, 0) is 36.9 Å². The van der Waals surface area contributed by atoms with E-state index in [0.717, 1.165) is 29.8 Å². The lowest BCUT2D eigenvalue weighted by Gasteiger charge is -2.24. The molecule has 1 aromatic carbocycles. The van der Waals surface area contributed by atoms with E-state index in [1.165, 1.54) is 0 Å². The Morgan fingerprint density at radius 1 is 1.40 bits per heavy atom. The lowest BCUT2D eigenvalue weighted by molar-refractivity contribution is -0.116. The summed E-state index contributed by atoms with van der Waals surface area (Å²) in [7, 11) is 3.24. The van der Waals surface area contributed by atoms with Gasteiger partial charge >= 0.3 is 0 Å². The quantitative estimate of drug-likeness (QED) is 0.911. The van der Waals surface area contributed by atoms with Gasteiger partial charge in [-0.25, -0.2) is 0 Å². The first-order chi connectivity index (χ1) is 9.60. The number of hydrogen-bond acceptors (Lipinski definition) is 4. The van der Waals surface area contributed by atoms with E-state index in [9.17, 15) is 4.79 Å². The Labute approximate surface area is 119 Å². The van der Waals surface area contributed by atoms with E-state index >= 15 is 0 Å². The van der Waals surface area contributed by atoms with E-state index in [2.05, 4.69) is 0 Å². The molecule has 1 heterocycles. The first kappa shape index (κ1) is 14.7. The average molecular weight is 278 g/mol. The zero-order valence-corrected chi connectivity index (χ0v) is 12.3. The summed E-state index contributed by atoms with van der Waals surface area (Å²) in [6.45, 7) is 2.87. The topological polar surface area (TPSA) is 64.8 Å². The van der Waals surface area contributed by atoms with E-state index in [1.807, 2.05) is 12.1 Å². The highest BCUT2D eigenvalue weighted by molar-refractivity contribution is 5.94. The number of methoxy groups -OCH3 is 2. The van der Waals surface area contributed by atoms with Crippen LogP contribution in [0.2, 0.25) is 0 Å². The van der Waals surface area contributed by atoms with Crippen molar-refractivity contribution in [1.29, 1.82) is 0 Å². The predicted molar refractivity (Wildman–Crippen MR) is 78.4 cm³/mol. The summed E-state index contributed by atoms with van der Waals surface area (Å²) < 4.78 is 10.8. The number of carbonyl (C=O) groups excluding carboxylic acids is 1. The van der Waals surface area contributed by atoms with Gasteiger partial charge in [-0.15, -0.1) is 0 Å². The number of nitrogens with two attached hydrogens (primary N) is 1. The molecule has 110 valence electrons. The van der Waals surface area contributed by atoms with Crippen molar-refractivity contribution < 1.29 is 14.3 Å². The van der Waals surface area contributed by atoms with Crippen LogP contribution in [0, 0.1) is 5.92 Å². The van der Waals surface area contributed by atoms with E-state index in [1.54, 1.807) is 26.0 Å². The fourth-order valence-electron chi connectivity index (χ4n) is 2.73. The molecule has 1 amide bonds. The van der Waals surface area contributed by atoms with Crippen LogP contribution in [0.15, 0.2) is 12.1 Å². The van der Waals surface area contributed by atoms with Gasteiger partial charge in [-0.1, -0.05) is 0 Å². The van der Waals surface area contributed by atoms with Crippen LogP contribution in [-0.4, -0.2) is 33.2 Å². The second-order valence-electron chi connectivity index (χ2n) is 5.10. The van der Waals surface area contributed by atoms with E-state index in [-0.39, 0.29) is 5.91 Å². The number of ether oxygens (including phenoxy) is 2. The van der Waals surface area contributed by atoms with Gasteiger partial charge in [-0.3, -0.25) is 4.79 Å². The number of benzene rings is 1. The second-order valence-corrected chi connectivity index (χ2v) is 5.10. The molecule has 2 N–H and O–H groups in total. The Morgan fingerprint density at radius 2 is 2.15 bits per heavy atom. The Hall–Kier alpha value is -1.75. The standard InChI is InChI=1S/C15H22N2O3/c1-10(18)17-5-4-11(9-16)6-12-7-13(19-2)8-14(20-3)15(12)17/h7-8,11H,4-6,9,16H2,1-3H3. The van der Waals surface area contributed by atoms with Crippen molar-refractivity contribution in [1.82, 2.24) is 0 Å². The third kappa shape index (κ3) is 2.72. The normalized spacial score (nSPS) is 18.2. The van der Waals surface area contributed by atoms with Gasteiger partial charge in [-0.2, -0.15) is 0 Å². The van der Waals surface area contributed by atoms with Gasteiger partial charge in [0.15, 0.2) is 0 Å². The maximum Gasteiger partial charge on any atom is 0.223 e. The van der Waals surface area contributed by atoms with E-state index < -0.39 is 0 Å². The summed E-state index contributed by atoms with van der Waals surface area (Å²) in [6, 6.07) is 3.79. The summed E-state index contributed by atoms with van der Waals surface area (Å²) in [5, 5.41) is 0. The summed E-state index contributed by atoms with van der Waals surface area (Å²) in [6.07, 6.45) is 1.74. The molecule has 20 heavy (non-hydrogen) atoms. The molecule has 5 nitrogen and oxygen atoms in total. The molecular weight excluding hydrogens is 256 g/mol. The van der Waals surface area contributed by atoms with Gasteiger partial charge in [0.1, 0.15) is 11.5 Å². The summed E-state index contributed by atoms with van der Waals surface area (Å²) in [5.41, 5.74) is 7.74. The van der Waals surface area contributed by atoms with Crippen LogP contribution < -0.4 is 20.1 Å². The Bertz CT molecular complexity index is 502. The van der Waals surface area contributed by atoms with Crippen molar-refractivity contribution in [2.75, 3.05) is 32.2 Å². The third-order valence-electron chi connectivity index (χ3n) is 3.84. The molecule has 0 bridgehead atoms. The number of anilines is 1. The number of rotatable bonds is 3. The monoisotopic (exact) mass is 278 g/mol. The lowest BCUT2D eigenvalue weighted by Crippen LogP contribution is -2.30. The minimum Gasteiger partial charge on any atom is -0.497 e. The van der Waals surface area contributed by atoms with E-state index in [0.29, 0.717) is 24.8 Å². The smallest absolute Gasteiger partial charge is 0.223 e. The maximum atomic E-state index is 11.9. The first-order valence-electron chi connectivity index (χ1n) is 6.83. The molecule has 1 atom stereocenters. The largest absolute Gasteiger partial charge is 0.497 e. The molecule has 1 aliphatic heterocycles. The van der Waals surface area contributed by atoms with Gasteiger partial charge in [0.25, 0.3) is 0 Å². The zero-order chi connectivity index (χ0) is 14.7. The molecule has 1 aromatic rings. The molecule has 0 aliphatic carbocycles. The number of hydrogen-bond donors (Lipinski definition) is 1. The molecule has 2 rings (SSSR count). The number of carbonyl (C=O) groups is 1. The van der Waals surface area contributed by atoms with Gasteiger partial charge in [0.2, 0.25) is 5.91 Å². The van der Waals surface area contributed by atoms with Crippen LogP contribution in [0.25, 0.3) is 0 Å². The highest BCUT2D eigenvalue weighted by atomic mass is 16.5. The molecule has 0 aromatic heterocycles. The number of nitrogens with zero attached hydrogens (tertiary/aromatic N) is 1. The van der Waals surface area contributed by atoms with Gasteiger partial charge in [0, 0.05) is 19.5 Å². The molecule has 0 radical (unpaired) electrons. The van der Waals surface area contributed by atoms with Crippen molar-refractivity contribution in [2.24, 2.45) is 11.7 Å². The van der Waals surface area contributed by atoms with E-state index in [4.69, 9.17) is 15.2 Å². The average Bonchev–Trinajstić information content (AvgIpc) is 2.64. The van der Waals surface area contributed by atoms with Crippen LogP contribution in [0.1, 0.15) is 18.9 Å². The van der Waals surface area contributed by atoms with Crippen molar-refractivity contribution in [2.45, 2.75) is 19.8 Å². The minimum absolute atomic E-state index is 0.0207. The molecule has 1 aliphatic rings. The van der Waals surface area contributed by atoms with Gasteiger partial charge < -0.3 is 20.1 Å². The summed E-state index contributed by atoms with van der Waals surface area (Å²) in [5.74, 6) is 1.80. The summed E-state index contributed by atoms with van der Waals surface area (Å²) >= 11 is 0. The van der Waals surface area contributed by atoms with Crippen molar-refractivity contribution in [3.63, 3.8) is 0 Å². The zero-order valence-electron chi connectivity index (χ0n) is 12.3. The highest BCUT2D eigenvalue weighted by Crippen LogP contribution is 2.40. The summed E-state index contributed by atoms with van der Waals surface area (Å²) in [4.78, 5) is 13.7. The van der Waals surface area contributed by atoms with Crippen molar-refractivity contribution in [3.8, 4) is 11.5 Å². The molecule has 0 saturated heterocycles. The molecular formula is C15H22N2O3. The van der Waals surface area contributed by atoms with Crippen LogP contribution in [0.4, 0.5) is 5.69 Å².